The van der Waals surface area contributed by atoms with Crippen molar-refractivity contribution in [2.45, 2.75) is 32.0 Å². The molecule has 2 heterocycles. The van der Waals surface area contributed by atoms with Crippen LogP contribution >= 0.6 is 0 Å². The first-order valence-electron chi connectivity index (χ1n) is 9.63. The lowest BCUT2D eigenvalue weighted by Gasteiger charge is -2.49. The second-order valence-electron chi connectivity index (χ2n) is 7.51. The summed E-state index contributed by atoms with van der Waals surface area (Å²) in [5, 5.41) is 22.3. The highest BCUT2D eigenvalue weighted by Crippen LogP contribution is 2.26. The molecule has 1 aromatic heterocycles. The maximum absolute atomic E-state index is 12.7. The molecule has 0 aliphatic carbocycles. The number of nitrogens with one attached hydrogen (secondary N) is 1. The number of rotatable bonds is 6. The molecule has 7 heteroatoms. The Hall–Kier alpha value is -2.79. The van der Waals surface area contributed by atoms with Crippen molar-refractivity contribution in [2.75, 3.05) is 26.4 Å². The normalized spacial score (nSPS) is 22.1. The van der Waals surface area contributed by atoms with Gasteiger partial charge in [0, 0.05) is 25.3 Å². The van der Waals surface area contributed by atoms with Crippen molar-refractivity contribution >= 4 is 5.91 Å². The summed E-state index contributed by atoms with van der Waals surface area (Å²) in [5.74, 6) is -0.334. The first-order chi connectivity index (χ1) is 14.0. The minimum Gasteiger partial charge on any atom is -0.394 e. The fraction of sp³-hybridized carbons (Fsp3) is 0.409. The topological polar surface area (TPSA) is 98.5 Å². The molecule has 29 heavy (non-hydrogen) atoms. The van der Waals surface area contributed by atoms with Crippen molar-refractivity contribution in [3.63, 3.8) is 0 Å². The van der Waals surface area contributed by atoms with E-state index in [1.165, 1.54) is 12.3 Å². The molecule has 2 atom stereocenters. The summed E-state index contributed by atoms with van der Waals surface area (Å²) >= 11 is 0. The van der Waals surface area contributed by atoms with E-state index in [0.717, 1.165) is 5.56 Å². The van der Waals surface area contributed by atoms with Gasteiger partial charge in [-0.3, -0.25) is 14.7 Å². The molecule has 7 nitrogen and oxygen atoms in total. The van der Waals surface area contributed by atoms with E-state index in [1.54, 1.807) is 6.92 Å². The number of nitriles is 1. The Morgan fingerprint density at radius 3 is 2.90 bits per heavy atom. The Morgan fingerprint density at radius 2 is 2.21 bits per heavy atom. The summed E-state index contributed by atoms with van der Waals surface area (Å²) in [6.07, 6.45) is 1.46. The predicted octanol–water partition coefficient (Wildman–Crippen LogP) is 1.64. The van der Waals surface area contributed by atoms with E-state index in [2.05, 4.69) is 22.1 Å². The first-order valence-corrected chi connectivity index (χ1v) is 9.63. The molecular formula is C22H26N4O3. The Labute approximate surface area is 170 Å². The van der Waals surface area contributed by atoms with Crippen LogP contribution in [0.3, 0.4) is 0 Å². The standard InChI is InChI=1S/C22H26N4O3/c1-16-12-29-15-22(14-27,26(16)11-18-6-4-3-5-7-18)13-25-21(28)20-8-19(9-23)17(2)24-10-20/h3-8,10,16,27H,11-15H2,1-2H3,(H,25,28)/t16-,22+/m1/s1. The van der Waals surface area contributed by atoms with Gasteiger partial charge in [0.1, 0.15) is 6.07 Å². The molecule has 0 bridgehead atoms. The number of morpholine rings is 1. The zero-order valence-electron chi connectivity index (χ0n) is 16.8. The van der Waals surface area contributed by atoms with E-state index in [0.29, 0.717) is 36.6 Å². The van der Waals surface area contributed by atoms with Crippen LogP contribution in [-0.2, 0) is 11.3 Å². The van der Waals surface area contributed by atoms with Gasteiger partial charge in [-0.2, -0.15) is 5.26 Å². The lowest BCUT2D eigenvalue weighted by Crippen LogP contribution is -2.66. The lowest BCUT2D eigenvalue weighted by molar-refractivity contribution is -0.121. The summed E-state index contributed by atoms with van der Waals surface area (Å²) < 4.78 is 5.74. The second-order valence-corrected chi connectivity index (χ2v) is 7.51. The van der Waals surface area contributed by atoms with Crippen molar-refractivity contribution in [1.82, 2.24) is 15.2 Å². The molecule has 0 radical (unpaired) electrons. The zero-order chi connectivity index (χ0) is 20.9. The maximum Gasteiger partial charge on any atom is 0.252 e. The van der Waals surface area contributed by atoms with E-state index in [1.807, 2.05) is 36.4 Å². The molecule has 1 aromatic carbocycles. The quantitative estimate of drug-likeness (QED) is 0.773. The van der Waals surface area contributed by atoms with Gasteiger partial charge in [-0.25, -0.2) is 0 Å². The largest absolute Gasteiger partial charge is 0.394 e. The number of aryl methyl sites for hydroxylation is 1. The van der Waals surface area contributed by atoms with Gasteiger partial charge in [-0.05, 0) is 25.5 Å². The van der Waals surface area contributed by atoms with Crippen LogP contribution in [0.2, 0.25) is 0 Å². The van der Waals surface area contributed by atoms with Gasteiger partial charge in [0.05, 0.1) is 42.2 Å². The fourth-order valence-corrected chi connectivity index (χ4v) is 3.63. The summed E-state index contributed by atoms with van der Waals surface area (Å²) in [6, 6.07) is 13.7. The number of hydrogen-bond acceptors (Lipinski definition) is 6. The number of aromatic nitrogens is 1. The number of pyridine rings is 1. The number of ether oxygens (including phenoxy) is 1. The van der Waals surface area contributed by atoms with E-state index in [4.69, 9.17) is 10.00 Å². The number of hydrogen-bond donors (Lipinski definition) is 2. The molecule has 0 unspecified atom stereocenters. The van der Waals surface area contributed by atoms with Crippen molar-refractivity contribution in [1.29, 1.82) is 5.26 Å². The van der Waals surface area contributed by atoms with Gasteiger partial charge in [0.15, 0.2) is 0 Å². The summed E-state index contributed by atoms with van der Waals surface area (Å²) in [6.45, 7) is 5.37. The Bertz CT molecular complexity index is 897. The highest BCUT2D eigenvalue weighted by molar-refractivity contribution is 5.94. The number of carbonyl (C=O) groups excluding carboxylic acids is 1. The molecule has 1 saturated heterocycles. The highest BCUT2D eigenvalue weighted by atomic mass is 16.5. The smallest absolute Gasteiger partial charge is 0.252 e. The van der Waals surface area contributed by atoms with E-state index >= 15 is 0 Å². The van der Waals surface area contributed by atoms with Crippen LogP contribution in [-0.4, -0.2) is 58.8 Å². The van der Waals surface area contributed by atoms with Crippen LogP contribution < -0.4 is 5.32 Å². The molecule has 0 saturated carbocycles. The van der Waals surface area contributed by atoms with Crippen LogP contribution in [0.25, 0.3) is 0 Å². The SMILES string of the molecule is Cc1ncc(C(=O)NC[C@]2(CO)COC[C@@H](C)N2Cc2ccccc2)cc1C#N. The van der Waals surface area contributed by atoms with Crippen molar-refractivity contribution < 1.29 is 14.6 Å². The number of amides is 1. The average Bonchev–Trinajstić information content (AvgIpc) is 2.75. The average molecular weight is 394 g/mol. The summed E-state index contributed by atoms with van der Waals surface area (Å²) in [5.41, 5.74) is 1.67. The number of nitrogens with zero attached hydrogens (tertiary/aromatic N) is 3. The summed E-state index contributed by atoms with van der Waals surface area (Å²) in [4.78, 5) is 19.0. The fourth-order valence-electron chi connectivity index (χ4n) is 3.63. The second kappa shape index (κ2) is 9.14. The van der Waals surface area contributed by atoms with Gasteiger partial charge >= 0.3 is 0 Å². The molecule has 1 aliphatic rings. The van der Waals surface area contributed by atoms with Gasteiger partial charge in [0.25, 0.3) is 5.91 Å². The lowest BCUT2D eigenvalue weighted by atomic mass is 9.93. The third kappa shape index (κ3) is 4.62. The number of carbonyl (C=O) groups is 1. The maximum atomic E-state index is 12.7. The zero-order valence-corrected chi connectivity index (χ0v) is 16.8. The predicted molar refractivity (Wildman–Crippen MR) is 108 cm³/mol. The van der Waals surface area contributed by atoms with Gasteiger partial charge in [-0.15, -0.1) is 0 Å². The molecular weight excluding hydrogens is 368 g/mol. The van der Waals surface area contributed by atoms with Crippen LogP contribution in [0, 0.1) is 18.3 Å². The number of aliphatic hydroxyl groups is 1. The van der Waals surface area contributed by atoms with Crippen molar-refractivity contribution in [3.05, 3.63) is 65.0 Å². The Morgan fingerprint density at radius 1 is 1.45 bits per heavy atom. The van der Waals surface area contributed by atoms with E-state index in [9.17, 15) is 9.90 Å². The van der Waals surface area contributed by atoms with Crippen LogP contribution in [0.1, 0.15) is 34.1 Å². The highest BCUT2D eigenvalue weighted by Gasteiger charge is 2.42. The Kier molecular flexibility index (Phi) is 6.60. The molecule has 0 spiro atoms. The van der Waals surface area contributed by atoms with Gasteiger partial charge < -0.3 is 15.2 Å². The van der Waals surface area contributed by atoms with E-state index < -0.39 is 5.54 Å². The molecule has 152 valence electrons. The molecule has 2 aromatic rings. The molecule has 2 N–H and O–H groups in total. The summed E-state index contributed by atoms with van der Waals surface area (Å²) in [7, 11) is 0. The first kappa shape index (κ1) is 20.9. The minimum atomic E-state index is -0.737. The molecule has 1 fully saturated rings. The van der Waals surface area contributed by atoms with Gasteiger partial charge in [0.2, 0.25) is 0 Å². The number of benzene rings is 1. The van der Waals surface area contributed by atoms with Gasteiger partial charge in [-0.1, -0.05) is 30.3 Å². The monoisotopic (exact) mass is 394 g/mol. The third-order valence-corrected chi connectivity index (χ3v) is 5.41. The molecule has 1 amide bonds. The molecule has 1 aliphatic heterocycles. The van der Waals surface area contributed by atoms with Crippen LogP contribution in [0.5, 0.6) is 0 Å². The van der Waals surface area contributed by atoms with Crippen molar-refractivity contribution in [2.24, 2.45) is 0 Å². The van der Waals surface area contributed by atoms with Crippen LogP contribution in [0.15, 0.2) is 42.6 Å². The van der Waals surface area contributed by atoms with Crippen LogP contribution in [0.4, 0.5) is 0 Å². The number of aliphatic hydroxyl groups excluding tert-OH is 1. The minimum absolute atomic E-state index is 0.0826. The van der Waals surface area contributed by atoms with E-state index in [-0.39, 0.29) is 25.1 Å². The Balaban J connectivity index is 1.78. The van der Waals surface area contributed by atoms with Crippen molar-refractivity contribution in [3.8, 4) is 6.07 Å². The third-order valence-electron chi connectivity index (χ3n) is 5.41. The molecule has 3 rings (SSSR count).